The minimum Gasteiger partial charge on any atom is -0.504 e. The Morgan fingerprint density at radius 2 is 1.42 bits per heavy atom. The molecule has 0 aliphatic heterocycles. The fourth-order valence-electron chi connectivity index (χ4n) is 2.62. The lowest BCUT2D eigenvalue weighted by molar-refractivity contribution is -0.107. The van der Waals surface area contributed by atoms with Crippen LogP contribution in [0, 0.1) is 6.92 Å². The van der Waals surface area contributed by atoms with E-state index in [0.29, 0.717) is 17.5 Å². The van der Waals surface area contributed by atoms with E-state index >= 15 is 0 Å². The van der Waals surface area contributed by atoms with Gasteiger partial charge in [0.25, 0.3) is 0 Å². The highest BCUT2D eigenvalue weighted by Crippen LogP contribution is 2.48. The number of phenolic OH excluding ortho intramolecular Hbond substituents is 2. The molecule has 1 aromatic rings. The Labute approximate surface area is 143 Å². The maximum Gasteiger partial charge on any atom is 0.207 e. The highest BCUT2D eigenvalue weighted by atomic mass is 16.5. The zero-order valence-electron chi connectivity index (χ0n) is 14.8. The highest BCUT2D eigenvalue weighted by molar-refractivity contribution is 5.74. The molecule has 0 fully saturated rings. The fraction of sp³-hybridized carbons (Fsp3) is 0.526. The molecule has 0 saturated heterocycles. The largest absolute Gasteiger partial charge is 0.504 e. The predicted octanol–water partition coefficient (Wildman–Crippen LogP) is 4.37. The Hall–Kier alpha value is -2.17. The van der Waals surface area contributed by atoms with Crippen LogP contribution in [0.4, 0.5) is 0 Å². The molecule has 0 aliphatic rings. The first-order chi connectivity index (χ1) is 11.6. The van der Waals surface area contributed by atoms with Crippen molar-refractivity contribution in [2.24, 2.45) is 0 Å². The summed E-state index contributed by atoms with van der Waals surface area (Å²) in [6.45, 7) is 1.73. The third-order valence-corrected chi connectivity index (χ3v) is 4.04. The molecule has 1 rings (SSSR count). The van der Waals surface area contributed by atoms with Gasteiger partial charge in [0.05, 0.1) is 14.2 Å². The molecule has 0 saturated carbocycles. The maximum absolute atomic E-state index is 10.3. The summed E-state index contributed by atoms with van der Waals surface area (Å²) in [6, 6.07) is 0. The van der Waals surface area contributed by atoms with Gasteiger partial charge in [0.1, 0.15) is 6.29 Å². The van der Waals surface area contributed by atoms with E-state index in [2.05, 4.69) is 0 Å². The predicted molar refractivity (Wildman–Crippen MR) is 95.0 cm³/mol. The number of methoxy groups -OCH3 is 2. The molecule has 0 unspecified atom stereocenters. The van der Waals surface area contributed by atoms with Crippen molar-refractivity contribution in [1.29, 1.82) is 0 Å². The number of aromatic hydroxyl groups is 2. The number of allylic oxidation sites excluding steroid dienone is 1. The number of phenols is 2. The van der Waals surface area contributed by atoms with Crippen molar-refractivity contribution in [3.63, 3.8) is 0 Å². The van der Waals surface area contributed by atoms with Gasteiger partial charge in [-0.15, -0.1) is 0 Å². The van der Waals surface area contributed by atoms with Gasteiger partial charge < -0.3 is 24.5 Å². The Bertz CT molecular complexity index is 564. The summed E-state index contributed by atoms with van der Waals surface area (Å²) in [4.78, 5) is 10.2. The van der Waals surface area contributed by atoms with Crippen LogP contribution < -0.4 is 9.47 Å². The normalized spacial score (nSPS) is 11.0. The van der Waals surface area contributed by atoms with Crippen molar-refractivity contribution >= 4 is 12.4 Å². The molecule has 0 atom stereocenters. The zero-order valence-corrected chi connectivity index (χ0v) is 14.8. The van der Waals surface area contributed by atoms with Gasteiger partial charge in [-0.3, -0.25) is 0 Å². The third-order valence-electron chi connectivity index (χ3n) is 4.04. The molecule has 0 heterocycles. The fourth-order valence-corrected chi connectivity index (χ4v) is 2.62. The van der Waals surface area contributed by atoms with Crippen molar-refractivity contribution in [2.75, 3.05) is 14.2 Å². The lowest BCUT2D eigenvalue weighted by atomic mass is 10.0. The smallest absolute Gasteiger partial charge is 0.207 e. The number of hydrogen-bond donors (Lipinski definition) is 2. The molecule has 24 heavy (non-hydrogen) atoms. The van der Waals surface area contributed by atoms with Crippen LogP contribution in [0.3, 0.4) is 0 Å². The lowest BCUT2D eigenvalue weighted by Crippen LogP contribution is -1.96. The summed E-state index contributed by atoms with van der Waals surface area (Å²) in [5.41, 5.74) is 1.09. The second-order valence-electron chi connectivity index (χ2n) is 5.72. The van der Waals surface area contributed by atoms with Crippen LogP contribution >= 0.6 is 0 Å². The van der Waals surface area contributed by atoms with Crippen molar-refractivity contribution in [2.45, 2.75) is 51.9 Å². The van der Waals surface area contributed by atoms with Crippen LogP contribution in [0.15, 0.2) is 6.08 Å². The maximum atomic E-state index is 10.3. The number of carbonyl (C=O) groups excluding carboxylic acids is 1. The standard InChI is InChI=1S/C19H28O5/c1-14-15(12-10-8-6-4-5-7-9-11-13-20)17(22)19(24-3)18(23-2)16(14)21/h10,12-13,21-22H,4-9,11H2,1-3H3/b12-10+. The summed E-state index contributed by atoms with van der Waals surface area (Å²) in [5, 5.41) is 20.5. The van der Waals surface area contributed by atoms with Crippen molar-refractivity contribution in [1.82, 2.24) is 0 Å². The van der Waals surface area contributed by atoms with E-state index in [1.54, 1.807) is 13.0 Å². The zero-order chi connectivity index (χ0) is 17.9. The molecule has 0 aromatic heterocycles. The number of benzene rings is 1. The van der Waals surface area contributed by atoms with Gasteiger partial charge in [0, 0.05) is 17.5 Å². The molecule has 0 aliphatic carbocycles. The SMILES string of the molecule is COc1c(O)c(C)c(/C=C/CCCCCCCC=O)c(O)c1OC. The van der Waals surface area contributed by atoms with E-state index < -0.39 is 0 Å². The molecular weight excluding hydrogens is 308 g/mol. The van der Waals surface area contributed by atoms with Gasteiger partial charge in [0.15, 0.2) is 11.5 Å². The van der Waals surface area contributed by atoms with Gasteiger partial charge in [-0.1, -0.05) is 31.4 Å². The van der Waals surface area contributed by atoms with Crippen LogP contribution in [0.2, 0.25) is 0 Å². The molecule has 1 aromatic carbocycles. The quantitative estimate of drug-likeness (QED) is 0.356. The summed E-state index contributed by atoms with van der Waals surface area (Å²) >= 11 is 0. The average Bonchev–Trinajstić information content (AvgIpc) is 2.58. The Kier molecular flexibility index (Phi) is 8.76. The topological polar surface area (TPSA) is 76.0 Å². The molecule has 0 amide bonds. The minimum absolute atomic E-state index is 0.0259. The van der Waals surface area contributed by atoms with Crippen LogP contribution in [0.5, 0.6) is 23.0 Å². The summed E-state index contributed by atoms with van der Waals surface area (Å²) in [5.74, 6) is 0.215. The van der Waals surface area contributed by atoms with Gasteiger partial charge in [-0.25, -0.2) is 0 Å². The monoisotopic (exact) mass is 336 g/mol. The first-order valence-electron chi connectivity index (χ1n) is 8.35. The number of hydrogen-bond acceptors (Lipinski definition) is 5. The highest BCUT2D eigenvalue weighted by Gasteiger charge is 2.21. The molecule has 2 N–H and O–H groups in total. The number of ether oxygens (including phenoxy) is 2. The van der Waals surface area contributed by atoms with E-state index in [4.69, 9.17) is 9.47 Å². The number of aldehydes is 1. The molecule has 0 bridgehead atoms. The second kappa shape index (κ2) is 10.6. The van der Waals surface area contributed by atoms with Gasteiger partial charge in [-0.2, -0.15) is 0 Å². The molecule has 0 radical (unpaired) electrons. The molecule has 5 heteroatoms. The van der Waals surface area contributed by atoms with Gasteiger partial charge in [-0.05, 0) is 26.2 Å². The van der Waals surface area contributed by atoms with Crippen molar-refractivity contribution < 1.29 is 24.5 Å². The molecule has 5 nitrogen and oxygen atoms in total. The first kappa shape index (κ1) is 19.9. The van der Waals surface area contributed by atoms with E-state index in [-0.39, 0.29) is 23.0 Å². The van der Waals surface area contributed by atoms with E-state index in [0.717, 1.165) is 44.8 Å². The van der Waals surface area contributed by atoms with Crippen molar-refractivity contribution in [3.8, 4) is 23.0 Å². The van der Waals surface area contributed by atoms with Crippen LogP contribution in [0.25, 0.3) is 6.08 Å². The molecule has 134 valence electrons. The average molecular weight is 336 g/mol. The summed E-state index contributed by atoms with van der Waals surface area (Å²) < 4.78 is 10.2. The number of carbonyl (C=O) groups is 1. The first-order valence-corrected chi connectivity index (χ1v) is 8.35. The van der Waals surface area contributed by atoms with Crippen molar-refractivity contribution in [3.05, 3.63) is 17.2 Å². The van der Waals surface area contributed by atoms with Gasteiger partial charge in [0.2, 0.25) is 11.5 Å². The lowest BCUT2D eigenvalue weighted by Gasteiger charge is -2.16. The van der Waals surface area contributed by atoms with E-state index in [9.17, 15) is 15.0 Å². The van der Waals surface area contributed by atoms with Crippen LogP contribution in [-0.4, -0.2) is 30.7 Å². The van der Waals surface area contributed by atoms with Crippen LogP contribution in [0.1, 0.15) is 56.1 Å². The number of unbranched alkanes of at least 4 members (excludes halogenated alkanes) is 6. The third kappa shape index (κ3) is 5.18. The second-order valence-corrected chi connectivity index (χ2v) is 5.72. The summed E-state index contributed by atoms with van der Waals surface area (Å²) in [7, 11) is 2.84. The number of rotatable bonds is 11. The van der Waals surface area contributed by atoms with Gasteiger partial charge >= 0.3 is 0 Å². The van der Waals surface area contributed by atoms with Crippen LogP contribution in [-0.2, 0) is 4.79 Å². The summed E-state index contributed by atoms with van der Waals surface area (Å²) in [6.07, 6.45) is 11.7. The minimum atomic E-state index is -0.0326. The Balaban J connectivity index is 2.64. The molecular formula is C19H28O5. The Morgan fingerprint density at radius 1 is 0.875 bits per heavy atom. The van der Waals surface area contributed by atoms with E-state index in [1.165, 1.54) is 14.2 Å². The Morgan fingerprint density at radius 3 is 2.00 bits per heavy atom. The van der Waals surface area contributed by atoms with E-state index in [1.807, 2.05) is 6.08 Å². The molecule has 0 spiro atoms.